The van der Waals surface area contributed by atoms with Gasteiger partial charge in [0.25, 0.3) is 0 Å². The lowest BCUT2D eigenvalue weighted by atomic mass is 10.1. The maximum Gasteiger partial charge on any atom is 0.329 e. The Labute approximate surface area is 162 Å². The highest BCUT2D eigenvalue weighted by atomic mass is 16.2. The fraction of sp³-hybridized carbons (Fsp3) is 0.273. The predicted octanol–water partition coefficient (Wildman–Crippen LogP) is 3.05. The number of carbonyl (C=O) groups excluding carboxylic acids is 1. The summed E-state index contributed by atoms with van der Waals surface area (Å²) in [6.07, 6.45) is 3.05. The second-order valence-corrected chi connectivity index (χ2v) is 6.88. The molecular weight excluding hydrogens is 352 g/mol. The van der Waals surface area contributed by atoms with Crippen molar-refractivity contribution in [2.45, 2.75) is 32.9 Å². The molecule has 0 bridgehead atoms. The molecule has 0 atom stereocenters. The molecule has 0 aliphatic carbocycles. The summed E-state index contributed by atoms with van der Waals surface area (Å²) >= 11 is 0. The van der Waals surface area contributed by atoms with Gasteiger partial charge in [0.05, 0.1) is 11.0 Å². The van der Waals surface area contributed by atoms with Crippen molar-refractivity contribution in [3.63, 3.8) is 0 Å². The number of rotatable bonds is 7. The van der Waals surface area contributed by atoms with E-state index in [2.05, 4.69) is 16.4 Å². The average molecular weight is 376 g/mol. The number of hydrogen-bond acceptors (Lipinski definition) is 2. The van der Waals surface area contributed by atoms with Crippen LogP contribution in [0, 0.1) is 0 Å². The van der Waals surface area contributed by atoms with Crippen LogP contribution >= 0.6 is 0 Å². The molecule has 0 aliphatic heterocycles. The van der Waals surface area contributed by atoms with E-state index in [1.807, 2.05) is 55.6 Å². The van der Waals surface area contributed by atoms with Crippen LogP contribution in [0.15, 0.2) is 59.5 Å². The van der Waals surface area contributed by atoms with Crippen LogP contribution in [0.3, 0.4) is 0 Å². The topological polar surface area (TPSA) is 71.8 Å². The molecule has 2 heterocycles. The molecule has 0 saturated heterocycles. The molecule has 6 heteroatoms. The van der Waals surface area contributed by atoms with E-state index in [-0.39, 0.29) is 18.0 Å². The monoisotopic (exact) mass is 376 g/mol. The number of fused-ring (bicyclic) bond motifs is 2. The molecule has 0 saturated carbocycles. The van der Waals surface area contributed by atoms with Crippen LogP contribution in [0.4, 0.5) is 0 Å². The van der Waals surface area contributed by atoms with Gasteiger partial charge >= 0.3 is 5.69 Å². The van der Waals surface area contributed by atoms with E-state index in [0.29, 0.717) is 19.6 Å². The first-order chi connectivity index (χ1) is 13.7. The van der Waals surface area contributed by atoms with Crippen molar-refractivity contribution >= 4 is 27.8 Å². The normalized spacial score (nSPS) is 11.3. The molecule has 1 amide bonds. The summed E-state index contributed by atoms with van der Waals surface area (Å²) < 4.78 is 3.43. The zero-order chi connectivity index (χ0) is 19.5. The fourth-order valence-corrected chi connectivity index (χ4v) is 3.77. The number of hydrogen-bond donors (Lipinski definition) is 2. The number of benzene rings is 2. The van der Waals surface area contributed by atoms with E-state index in [4.69, 9.17) is 0 Å². The standard InChI is InChI=1S/C22H24N4O2/c1-2-25-19-9-5-6-10-20(19)26(22(25)28)14-12-21(27)23-13-11-16-15-24-18-8-4-3-7-17(16)18/h3-10,15,24H,2,11-14H2,1H3,(H,23,27). The van der Waals surface area contributed by atoms with Gasteiger partial charge in [-0.1, -0.05) is 30.3 Å². The van der Waals surface area contributed by atoms with E-state index in [0.717, 1.165) is 23.0 Å². The number of nitrogens with one attached hydrogen (secondary N) is 2. The molecule has 0 spiro atoms. The third-order valence-electron chi connectivity index (χ3n) is 5.20. The Morgan fingerprint density at radius 3 is 2.54 bits per heavy atom. The summed E-state index contributed by atoms with van der Waals surface area (Å²) in [6.45, 7) is 3.52. The molecule has 0 fully saturated rings. The van der Waals surface area contributed by atoms with Crippen molar-refractivity contribution in [2.24, 2.45) is 0 Å². The zero-order valence-electron chi connectivity index (χ0n) is 15.9. The van der Waals surface area contributed by atoms with Gasteiger partial charge in [-0.25, -0.2) is 4.79 Å². The second kappa shape index (κ2) is 7.76. The molecular formula is C22H24N4O2. The van der Waals surface area contributed by atoms with E-state index >= 15 is 0 Å². The first-order valence-corrected chi connectivity index (χ1v) is 9.68. The van der Waals surface area contributed by atoms with Crippen molar-refractivity contribution in [1.29, 1.82) is 0 Å². The van der Waals surface area contributed by atoms with Crippen LogP contribution in [-0.2, 0) is 24.3 Å². The lowest BCUT2D eigenvalue weighted by molar-refractivity contribution is -0.121. The van der Waals surface area contributed by atoms with Crippen molar-refractivity contribution < 1.29 is 4.79 Å². The van der Waals surface area contributed by atoms with Gasteiger partial charge in [-0.3, -0.25) is 13.9 Å². The average Bonchev–Trinajstić information content (AvgIpc) is 3.24. The highest BCUT2D eigenvalue weighted by molar-refractivity contribution is 5.83. The summed E-state index contributed by atoms with van der Waals surface area (Å²) in [5, 5.41) is 4.16. The van der Waals surface area contributed by atoms with E-state index in [9.17, 15) is 9.59 Å². The van der Waals surface area contributed by atoms with Crippen LogP contribution < -0.4 is 11.0 Å². The lowest BCUT2D eigenvalue weighted by Crippen LogP contribution is -2.29. The van der Waals surface area contributed by atoms with Gasteiger partial charge < -0.3 is 10.3 Å². The summed E-state index contributed by atoms with van der Waals surface area (Å²) in [4.78, 5) is 28.2. The number of aromatic amines is 1. The maximum atomic E-state index is 12.6. The van der Waals surface area contributed by atoms with Crippen molar-refractivity contribution in [2.75, 3.05) is 6.54 Å². The molecule has 2 aromatic heterocycles. The van der Waals surface area contributed by atoms with E-state index < -0.39 is 0 Å². The first kappa shape index (κ1) is 18.1. The number of amides is 1. The summed E-state index contributed by atoms with van der Waals surface area (Å²) in [7, 11) is 0. The summed E-state index contributed by atoms with van der Waals surface area (Å²) in [6, 6.07) is 15.9. The Hall–Kier alpha value is -3.28. The minimum absolute atomic E-state index is 0.0416. The number of aryl methyl sites for hydroxylation is 2. The number of imidazole rings is 1. The number of H-pyrrole nitrogens is 1. The Morgan fingerprint density at radius 2 is 1.75 bits per heavy atom. The van der Waals surface area contributed by atoms with Crippen LogP contribution in [-0.4, -0.2) is 26.6 Å². The van der Waals surface area contributed by atoms with E-state index in [1.54, 1.807) is 9.13 Å². The second-order valence-electron chi connectivity index (χ2n) is 6.88. The molecule has 0 aliphatic rings. The molecule has 144 valence electrons. The minimum Gasteiger partial charge on any atom is -0.361 e. The highest BCUT2D eigenvalue weighted by Crippen LogP contribution is 2.17. The van der Waals surface area contributed by atoms with Gasteiger partial charge in [-0.2, -0.15) is 0 Å². The Kier molecular flexibility index (Phi) is 5.02. The largest absolute Gasteiger partial charge is 0.361 e. The van der Waals surface area contributed by atoms with Gasteiger partial charge in [0, 0.05) is 43.2 Å². The number of carbonyl (C=O) groups is 1. The molecule has 2 aromatic carbocycles. The quantitative estimate of drug-likeness (QED) is 0.520. The van der Waals surface area contributed by atoms with Gasteiger partial charge in [-0.05, 0) is 37.1 Å². The van der Waals surface area contributed by atoms with Crippen LogP contribution in [0.1, 0.15) is 18.9 Å². The van der Waals surface area contributed by atoms with Gasteiger partial charge in [-0.15, -0.1) is 0 Å². The Morgan fingerprint density at radius 1 is 1.04 bits per heavy atom. The Bertz CT molecular complexity index is 1180. The lowest BCUT2D eigenvalue weighted by Gasteiger charge is -2.06. The van der Waals surface area contributed by atoms with E-state index in [1.165, 1.54) is 10.9 Å². The molecule has 0 unspecified atom stereocenters. The molecule has 4 rings (SSSR count). The zero-order valence-corrected chi connectivity index (χ0v) is 15.9. The predicted molar refractivity (Wildman–Crippen MR) is 112 cm³/mol. The van der Waals surface area contributed by atoms with Gasteiger partial charge in [0.15, 0.2) is 0 Å². The van der Waals surface area contributed by atoms with Gasteiger partial charge in [0.1, 0.15) is 0 Å². The molecule has 28 heavy (non-hydrogen) atoms. The van der Waals surface area contributed by atoms with Gasteiger partial charge in [0.2, 0.25) is 5.91 Å². The molecule has 6 nitrogen and oxygen atoms in total. The first-order valence-electron chi connectivity index (χ1n) is 9.68. The Balaban J connectivity index is 1.37. The third-order valence-corrected chi connectivity index (χ3v) is 5.20. The van der Waals surface area contributed by atoms with Crippen LogP contribution in [0.25, 0.3) is 21.9 Å². The minimum atomic E-state index is -0.0599. The van der Waals surface area contributed by atoms with Crippen molar-refractivity contribution in [1.82, 2.24) is 19.4 Å². The summed E-state index contributed by atoms with van der Waals surface area (Å²) in [5.74, 6) is -0.0416. The SMILES string of the molecule is CCn1c(=O)n(CCC(=O)NCCc2c[nH]c3ccccc23)c2ccccc21. The fourth-order valence-electron chi connectivity index (χ4n) is 3.77. The van der Waals surface area contributed by atoms with Crippen molar-refractivity contribution in [3.8, 4) is 0 Å². The highest BCUT2D eigenvalue weighted by Gasteiger charge is 2.12. The smallest absolute Gasteiger partial charge is 0.329 e. The number of nitrogens with zero attached hydrogens (tertiary/aromatic N) is 2. The molecule has 0 radical (unpaired) electrons. The number of para-hydroxylation sites is 3. The summed E-state index contributed by atoms with van der Waals surface area (Å²) in [5.41, 5.74) is 4.03. The maximum absolute atomic E-state index is 12.6. The van der Waals surface area contributed by atoms with Crippen LogP contribution in [0.2, 0.25) is 0 Å². The van der Waals surface area contributed by atoms with Crippen LogP contribution in [0.5, 0.6) is 0 Å². The third kappa shape index (κ3) is 3.33. The van der Waals surface area contributed by atoms with Crippen molar-refractivity contribution in [3.05, 3.63) is 70.8 Å². The molecule has 2 N–H and O–H groups in total. The molecule has 4 aromatic rings. The number of aromatic nitrogens is 3.